The van der Waals surface area contributed by atoms with Crippen molar-refractivity contribution >= 4 is 5.91 Å². The van der Waals surface area contributed by atoms with Gasteiger partial charge in [-0.15, -0.1) is 0 Å². The lowest BCUT2D eigenvalue weighted by Gasteiger charge is -2.19. The van der Waals surface area contributed by atoms with Gasteiger partial charge in [-0.2, -0.15) is 0 Å². The monoisotopic (exact) mass is 259 g/mol. The van der Waals surface area contributed by atoms with Crippen LogP contribution in [0.3, 0.4) is 0 Å². The lowest BCUT2D eigenvalue weighted by Crippen LogP contribution is -2.33. The van der Waals surface area contributed by atoms with E-state index in [1.165, 1.54) is 0 Å². The summed E-state index contributed by atoms with van der Waals surface area (Å²) in [6.07, 6.45) is 1.09. The summed E-state index contributed by atoms with van der Waals surface area (Å²) >= 11 is 0. The summed E-state index contributed by atoms with van der Waals surface area (Å²) in [5.41, 5.74) is 0. The Morgan fingerprint density at radius 1 is 1.00 bits per heavy atom. The zero-order valence-corrected chi connectivity index (χ0v) is 12.6. The van der Waals surface area contributed by atoms with Crippen LogP contribution in [0.1, 0.15) is 34.1 Å². The maximum absolute atomic E-state index is 11.6. The first-order valence-electron chi connectivity index (χ1n) is 6.85. The molecule has 4 nitrogen and oxygen atoms in total. The van der Waals surface area contributed by atoms with Crippen molar-refractivity contribution in [3.8, 4) is 0 Å². The quantitative estimate of drug-likeness (QED) is 0.564. The van der Waals surface area contributed by atoms with Crippen LogP contribution >= 0.6 is 0 Å². The third-order valence-electron chi connectivity index (χ3n) is 2.65. The Bertz CT molecular complexity index is 217. The molecule has 0 bridgehead atoms. The molecule has 4 heteroatoms. The summed E-state index contributed by atoms with van der Waals surface area (Å²) < 4.78 is 10.9. The predicted molar refractivity (Wildman–Crippen MR) is 73.6 cm³/mol. The molecule has 0 aliphatic rings. The molecule has 0 spiro atoms. The largest absolute Gasteiger partial charge is 0.379 e. The maximum Gasteiger partial charge on any atom is 0.224 e. The molecule has 0 N–H and O–H groups in total. The normalized spacial score (nSPS) is 11.3. The number of hydrogen-bond donors (Lipinski definition) is 0. The summed E-state index contributed by atoms with van der Waals surface area (Å²) in [6.45, 7) is 11.4. The molecule has 0 aliphatic heterocycles. The second-order valence-electron chi connectivity index (χ2n) is 5.32. The minimum Gasteiger partial charge on any atom is -0.379 e. The SMILES string of the molecule is CC(C)CCOCCOCCN(C)C(=O)C(C)C. The fraction of sp³-hybridized carbons (Fsp3) is 0.929. The summed E-state index contributed by atoms with van der Waals surface area (Å²) in [6, 6.07) is 0. The van der Waals surface area contributed by atoms with E-state index in [1.807, 2.05) is 20.9 Å². The molecule has 0 aromatic carbocycles. The Hall–Kier alpha value is -0.610. The van der Waals surface area contributed by atoms with Crippen molar-refractivity contribution in [2.24, 2.45) is 11.8 Å². The molecule has 1 amide bonds. The van der Waals surface area contributed by atoms with Crippen LogP contribution < -0.4 is 0 Å². The summed E-state index contributed by atoms with van der Waals surface area (Å²) in [5.74, 6) is 0.891. The van der Waals surface area contributed by atoms with Gasteiger partial charge in [-0.1, -0.05) is 27.7 Å². The number of carbonyl (C=O) groups is 1. The molecule has 0 fully saturated rings. The predicted octanol–water partition coefficient (Wildman–Crippen LogP) is 2.18. The van der Waals surface area contributed by atoms with E-state index in [4.69, 9.17) is 9.47 Å². The highest BCUT2D eigenvalue weighted by Gasteiger charge is 2.11. The van der Waals surface area contributed by atoms with Crippen LogP contribution in [0.5, 0.6) is 0 Å². The minimum atomic E-state index is 0.0503. The van der Waals surface area contributed by atoms with Crippen molar-refractivity contribution in [3.05, 3.63) is 0 Å². The van der Waals surface area contributed by atoms with Gasteiger partial charge in [0, 0.05) is 26.1 Å². The minimum absolute atomic E-state index is 0.0503. The Morgan fingerprint density at radius 2 is 1.56 bits per heavy atom. The van der Waals surface area contributed by atoms with Crippen molar-refractivity contribution in [2.45, 2.75) is 34.1 Å². The average Bonchev–Trinajstić information content (AvgIpc) is 2.30. The molecule has 108 valence electrons. The van der Waals surface area contributed by atoms with E-state index in [-0.39, 0.29) is 11.8 Å². The van der Waals surface area contributed by atoms with Crippen LogP contribution in [0.4, 0.5) is 0 Å². The van der Waals surface area contributed by atoms with Crippen LogP contribution in [0.2, 0.25) is 0 Å². The summed E-state index contributed by atoms with van der Waals surface area (Å²) in [5, 5.41) is 0. The van der Waals surface area contributed by atoms with Crippen LogP contribution in [0.25, 0.3) is 0 Å². The lowest BCUT2D eigenvalue weighted by molar-refractivity contribution is -0.133. The highest BCUT2D eigenvalue weighted by atomic mass is 16.5. The standard InChI is InChI=1S/C14H29NO3/c1-12(2)6-8-17-10-11-18-9-7-15(5)14(16)13(3)4/h12-13H,6-11H2,1-5H3. The fourth-order valence-electron chi connectivity index (χ4n) is 1.39. The maximum atomic E-state index is 11.6. The lowest BCUT2D eigenvalue weighted by atomic mass is 10.1. The Labute approximate surface area is 112 Å². The van der Waals surface area contributed by atoms with Gasteiger partial charge in [0.25, 0.3) is 0 Å². The van der Waals surface area contributed by atoms with Gasteiger partial charge >= 0.3 is 0 Å². The number of ether oxygens (including phenoxy) is 2. The number of amides is 1. The zero-order chi connectivity index (χ0) is 14.0. The van der Waals surface area contributed by atoms with E-state index in [2.05, 4.69) is 13.8 Å². The van der Waals surface area contributed by atoms with E-state index < -0.39 is 0 Å². The van der Waals surface area contributed by atoms with Crippen LogP contribution in [-0.2, 0) is 14.3 Å². The van der Waals surface area contributed by atoms with Crippen molar-refractivity contribution in [1.82, 2.24) is 4.90 Å². The molecule has 0 aromatic rings. The van der Waals surface area contributed by atoms with Crippen molar-refractivity contribution in [2.75, 3.05) is 40.0 Å². The molecular formula is C14H29NO3. The van der Waals surface area contributed by atoms with Gasteiger partial charge < -0.3 is 14.4 Å². The molecule has 0 aliphatic carbocycles. The molecule has 0 rings (SSSR count). The average molecular weight is 259 g/mol. The van der Waals surface area contributed by atoms with Gasteiger partial charge in [0.05, 0.1) is 19.8 Å². The number of nitrogens with zero attached hydrogens (tertiary/aromatic N) is 1. The molecule has 0 heterocycles. The van der Waals surface area contributed by atoms with E-state index in [0.29, 0.717) is 32.3 Å². The van der Waals surface area contributed by atoms with Crippen molar-refractivity contribution in [1.29, 1.82) is 0 Å². The zero-order valence-electron chi connectivity index (χ0n) is 12.6. The molecule has 0 saturated carbocycles. The van der Waals surface area contributed by atoms with E-state index in [9.17, 15) is 4.79 Å². The first-order valence-corrected chi connectivity index (χ1v) is 6.85. The molecular weight excluding hydrogens is 230 g/mol. The Kier molecular flexibility index (Phi) is 9.98. The third-order valence-corrected chi connectivity index (χ3v) is 2.65. The molecule has 18 heavy (non-hydrogen) atoms. The first-order chi connectivity index (χ1) is 8.45. The molecule has 0 atom stereocenters. The van der Waals surface area contributed by atoms with Gasteiger partial charge in [0.1, 0.15) is 0 Å². The van der Waals surface area contributed by atoms with Crippen LogP contribution in [0, 0.1) is 11.8 Å². The van der Waals surface area contributed by atoms with E-state index in [1.54, 1.807) is 4.90 Å². The molecule has 0 saturated heterocycles. The van der Waals surface area contributed by atoms with Gasteiger partial charge in [-0.05, 0) is 12.3 Å². The summed E-state index contributed by atoms with van der Waals surface area (Å²) in [4.78, 5) is 13.3. The Morgan fingerprint density at radius 3 is 2.06 bits per heavy atom. The van der Waals surface area contributed by atoms with Crippen molar-refractivity contribution < 1.29 is 14.3 Å². The number of hydrogen-bond acceptors (Lipinski definition) is 3. The number of likely N-dealkylation sites (N-methyl/N-ethyl adjacent to an activating group) is 1. The van der Waals surface area contributed by atoms with Gasteiger partial charge in [0.15, 0.2) is 0 Å². The highest BCUT2D eigenvalue weighted by molar-refractivity contribution is 5.77. The van der Waals surface area contributed by atoms with E-state index in [0.717, 1.165) is 13.0 Å². The number of carbonyl (C=O) groups excluding carboxylic acids is 1. The summed E-state index contributed by atoms with van der Waals surface area (Å²) in [7, 11) is 1.81. The van der Waals surface area contributed by atoms with Crippen molar-refractivity contribution in [3.63, 3.8) is 0 Å². The smallest absolute Gasteiger partial charge is 0.224 e. The fourth-order valence-corrected chi connectivity index (χ4v) is 1.39. The second-order valence-corrected chi connectivity index (χ2v) is 5.32. The van der Waals surface area contributed by atoms with Gasteiger partial charge in [-0.25, -0.2) is 0 Å². The Balaban J connectivity index is 3.33. The van der Waals surface area contributed by atoms with Gasteiger partial charge in [-0.3, -0.25) is 4.79 Å². The van der Waals surface area contributed by atoms with Crippen LogP contribution in [-0.4, -0.2) is 50.8 Å². The highest BCUT2D eigenvalue weighted by Crippen LogP contribution is 1.99. The molecule has 0 aromatic heterocycles. The molecule has 0 radical (unpaired) electrons. The van der Waals surface area contributed by atoms with E-state index >= 15 is 0 Å². The van der Waals surface area contributed by atoms with Gasteiger partial charge in [0.2, 0.25) is 5.91 Å². The van der Waals surface area contributed by atoms with Crippen LogP contribution in [0.15, 0.2) is 0 Å². The third kappa shape index (κ3) is 9.42. The topological polar surface area (TPSA) is 38.8 Å². The molecule has 0 unspecified atom stereocenters. The second kappa shape index (κ2) is 10.3. The first kappa shape index (κ1) is 17.4. The number of rotatable bonds is 10.